The van der Waals surface area contributed by atoms with Crippen LogP contribution in [0.1, 0.15) is 22.3 Å². The molecule has 20 heavy (non-hydrogen) atoms. The van der Waals surface area contributed by atoms with E-state index in [0.717, 1.165) is 21.5 Å². The molecule has 0 heterocycles. The van der Waals surface area contributed by atoms with E-state index in [-0.39, 0.29) is 5.84 Å². The molecule has 2 aromatic carbocycles. The van der Waals surface area contributed by atoms with Crippen LogP contribution in [0.4, 0.5) is 0 Å². The molecule has 0 saturated carbocycles. The highest BCUT2D eigenvalue weighted by molar-refractivity contribution is 9.10. The summed E-state index contributed by atoms with van der Waals surface area (Å²) in [6.07, 6.45) is 0. The van der Waals surface area contributed by atoms with Gasteiger partial charge in [-0.05, 0) is 77.7 Å². The van der Waals surface area contributed by atoms with Crippen molar-refractivity contribution in [1.29, 1.82) is 5.41 Å². The molecule has 0 fully saturated rings. The Morgan fingerprint density at radius 3 is 2.45 bits per heavy atom. The van der Waals surface area contributed by atoms with Gasteiger partial charge in [-0.25, -0.2) is 0 Å². The lowest BCUT2D eigenvalue weighted by Crippen LogP contribution is -2.11. The molecule has 0 unspecified atom stereocenters. The second-order valence-electron chi connectivity index (χ2n) is 4.86. The van der Waals surface area contributed by atoms with Gasteiger partial charge in [0.15, 0.2) is 0 Å². The molecular formula is C16H17BrN2O. The summed E-state index contributed by atoms with van der Waals surface area (Å²) in [6.45, 7) is 6.17. The first-order chi connectivity index (χ1) is 9.38. The summed E-state index contributed by atoms with van der Waals surface area (Å²) in [5.74, 6) is 1.60. The monoisotopic (exact) mass is 332 g/mol. The summed E-state index contributed by atoms with van der Waals surface area (Å²) < 4.78 is 6.70. The summed E-state index contributed by atoms with van der Waals surface area (Å²) in [6, 6.07) is 9.58. The lowest BCUT2D eigenvalue weighted by molar-refractivity contribution is 0.477. The van der Waals surface area contributed by atoms with Crippen LogP contribution in [-0.2, 0) is 0 Å². The lowest BCUT2D eigenvalue weighted by Gasteiger charge is -2.13. The zero-order valence-corrected chi connectivity index (χ0v) is 13.3. The first-order valence-electron chi connectivity index (χ1n) is 6.28. The number of hydrogen-bond acceptors (Lipinski definition) is 2. The Hall–Kier alpha value is -1.81. The van der Waals surface area contributed by atoms with Crippen molar-refractivity contribution in [2.75, 3.05) is 0 Å². The number of hydrogen-bond donors (Lipinski definition) is 2. The first kappa shape index (κ1) is 14.6. The van der Waals surface area contributed by atoms with E-state index in [2.05, 4.69) is 28.9 Å². The van der Waals surface area contributed by atoms with E-state index in [1.54, 1.807) is 6.07 Å². The maximum Gasteiger partial charge on any atom is 0.130 e. The van der Waals surface area contributed by atoms with E-state index in [1.165, 1.54) is 11.1 Å². The minimum atomic E-state index is 0.0333. The molecule has 0 saturated heterocycles. The zero-order chi connectivity index (χ0) is 14.9. The van der Waals surface area contributed by atoms with Crippen LogP contribution in [0.2, 0.25) is 0 Å². The Kier molecular flexibility index (Phi) is 4.14. The summed E-state index contributed by atoms with van der Waals surface area (Å²) in [5.41, 5.74) is 9.66. The maximum atomic E-state index is 7.47. The van der Waals surface area contributed by atoms with Crippen molar-refractivity contribution in [2.45, 2.75) is 20.8 Å². The predicted molar refractivity (Wildman–Crippen MR) is 85.9 cm³/mol. The van der Waals surface area contributed by atoms with Gasteiger partial charge in [-0.1, -0.05) is 6.07 Å². The normalized spacial score (nSPS) is 10.4. The number of rotatable bonds is 3. The molecular weight excluding hydrogens is 316 g/mol. The third kappa shape index (κ3) is 3.02. The SMILES string of the molecule is Cc1cc(C)c(C)c(Oc2ccc(C(=N)N)c(Br)c2)c1. The molecule has 104 valence electrons. The van der Waals surface area contributed by atoms with Crippen molar-refractivity contribution in [3.8, 4) is 11.5 Å². The summed E-state index contributed by atoms with van der Waals surface area (Å²) in [4.78, 5) is 0. The smallest absolute Gasteiger partial charge is 0.130 e. The molecule has 0 amide bonds. The van der Waals surface area contributed by atoms with Gasteiger partial charge < -0.3 is 10.5 Å². The van der Waals surface area contributed by atoms with Crippen molar-refractivity contribution < 1.29 is 4.74 Å². The molecule has 0 spiro atoms. The fraction of sp³-hybridized carbons (Fsp3) is 0.188. The lowest BCUT2D eigenvalue weighted by atomic mass is 10.1. The third-order valence-electron chi connectivity index (χ3n) is 3.22. The summed E-state index contributed by atoms with van der Waals surface area (Å²) >= 11 is 3.41. The minimum Gasteiger partial charge on any atom is -0.457 e. The van der Waals surface area contributed by atoms with Crippen LogP contribution in [0.25, 0.3) is 0 Å². The number of halogens is 1. The van der Waals surface area contributed by atoms with Gasteiger partial charge in [0.05, 0.1) is 0 Å². The number of nitrogen functional groups attached to an aromatic ring is 1. The second-order valence-corrected chi connectivity index (χ2v) is 5.72. The average molecular weight is 333 g/mol. The van der Waals surface area contributed by atoms with Crippen LogP contribution in [-0.4, -0.2) is 5.84 Å². The van der Waals surface area contributed by atoms with Gasteiger partial charge in [0.1, 0.15) is 17.3 Å². The van der Waals surface area contributed by atoms with Gasteiger partial charge in [-0.15, -0.1) is 0 Å². The number of amidine groups is 1. The first-order valence-corrected chi connectivity index (χ1v) is 7.07. The van der Waals surface area contributed by atoms with Gasteiger partial charge in [-0.3, -0.25) is 5.41 Å². The highest BCUT2D eigenvalue weighted by Gasteiger charge is 2.08. The van der Waals surface area contributed by atoms with Gasteiger partial charge in [0, 0.05) is 10.0 Å². The van der Waals surface area contributed by atoms with Crippen molar-refractivity contribution >= 4 is 21.8 Å². The predicted octanol–water partition coefficient (Wildman–Crippen LogP) is 4.45. The van der Waals surface area contributed by atoms with Gasteiger partial charge in [-0.2, -0.15) is 0 Å². The molecule has 0 bridgehead atoms. The molecule has 0 aliphatic heterocycles. The van der Waals surface area contributed by atoms with Crippen molar-refractivity contribution in [2.24, 2.45) is 5.73 Å². The Bertz CT molecular complexity index is 680. The Morgan fingerprint density at radius 2 is 1.85 bits per heavy atom. The van der Waals surface area contributed by atoms with Crippen molar-refractivity contribution in [3.63, 3.8) is 0 Å². The molecule has 0 atom stereocenters. The number of nitrogens with one attached hydrogen (secondary N) is 1. The van der Waals surface area contributed by atoms with Crippen LogP contribution in [0.5, 0.6) is 11.5 Å². The molecule has 0 aliphatic carbocycles. The summed E-state index contributed by atoms with van der Waals surface area (Å²) in [5, 5.41) is 7.47. The molecule has 0 aliphatic rings. The van der Waals surface area contributed by atoms with Crippen LogP contribution >= 0.6 is 15.9 Å². The molecule has 0 aromatic heterocycles. The third-order valence-corrected chi connectivity index (χ3v) is 3.88. The highest BCUT2D eigenvalue weighted by Crippen LogP contribution is 2.31. The number of nitrogens with two attached hydrogens (primary N) is 1. The average Bonchev–Trinajstić information content (AvgIpc) is 2.35. The van der Waals surface area contributed by atoms with E-state index < -0.39 is 0 Å². The number of benzene rings is 2. The van der Waals surface area contributed by atoms with Crippen LogP contribution < -0.4 is 10.5 Å². The Labute approximate surface area is 127 Å². The van der Waals surface area contributed by atoms with Crippen LogP contribution in [0, 0.1) is 26.2 Å². The van der Waals surface area contributed by atoms with Gasteiger partial charge in [0.25, 0.3) is 0 Å². The number of aryl methyl sites for hydroxylation is 2. The fourth-order valence-electron chi connectivity index (χ4n) is 2.01. The standard InChI is InChI=1S/C16H17BrN2O/c1-9-6-10(2)11(3)15(7-9)20-12-4-5-13(16(18)19)14(17)8-12/h4-8H,1-3H3,(H3,18,19). The molecule has 2 rings (SSSR count). The molecule has 2 aromatic rings. The second kappa shape index (κ2) is 5.67. The van der Waals surface area contributed by atoms with Gasteiger partial charge >= 0.3 is 0 Å². The maximum absolute atomic E-state index is 7.47. The summed E-state index contributed by atoms with van der Waals surface area (Å²) in [7, 11) is 0. The van der Waals surface area contributed by atoms with E-state index >= 15 is 0 Å². The van der Waals surface area contributed by atoms with E-state index in [9.17, 15) is 0 Å². The quantitative estimate of drug-likeness (QED) is 0.644. The Balaban J connectivity index is 2.36. The Morgan fingerprint density at radius 1 is 1.15 bits per heavy atom. The molecule has 4 heteroatoms. The molecule has 0 radical (unpaired) electrons. The largest absolute Gasteiger partial charge is 0.457 e. The van der Waals surface area contributed by atoms with Crippen molar-refractivity contribution in [3.05, 3.63) is 57.1 Å². The van der Waals surface area contributed by atoms with Crippen molar-refractivity contribution in [1.82, 2.24) is 0 Å². The molecule has 3 nitrogen and oxygen atoms in total. The van der Waals surface area contributed by atoms with E-state index in [0.29, 0.717) is 5.56 Å². The fourth-order valence-corrected chi connectivity index (χ4v) is 2.58. The zero-order valence-electron chi connectivity index (χ0n) is 11.8. The van der Waals surface area contributed by atoms with Crippen LogP contribution in [0.15, 0.2) is 34.8 Å². The van der Waals surface area contributed by atoms with Gasteiger partial charge in [0.2, 0.25) is 0 Å². The van der Waals surface area contributed by atoms with Crippen LogP contribution in [0.3, 0.4) is 0 Å². The van der Waals surface area contributed by atoms with E-state index in [4.69, 9.17) is 15.9 Å². The topological polar surface area (TPSA) is 59.1 Å². The molecule has 3 N–H and O–H groups in total. The van der Waals surface area contributed by atoms with E-state index in [1.807, 2.05) is 32.0 Å². The minimum absolute atomic E-state index is 0.0333. The number of ether oxygens (including phenoxy) is 1. The highest BCUT2D eigenvalue weighted by atomic mass is 79.9.